The predicted molar refractivity (Wildman–Crippen MR) is 130 cm³/mol. The highest BCUT2D eigenvalue weighted by molar-refractivity contribution is 5.94. The summed E-state index contributed by atoms with van der Waals surface area (Å²) in [7, 11) is 0. The van der Waals surface area contributed by atoms with Crippen LogP contribution in [0.15, 0.2) is 54.7 Å². The lowest BCUT2D eigenvalue weighted by Gasteiger charge is -2.53. The third-order valence-electron chi connectivity index (χ3n) is 7.87. The molecule has 8 nitrogen and oxygen atoms in total. The molecule has 1 spiro atoms. The van der Waals surface area contributed by atoms with Gasteiger partial charge in [0.05, 0.1) is 11.4 Å². The highest BCUT2D eigenvalue weighted by Gasteiger charge is 2.47. The zero-order valence-corrected chi connectivity index (χ0v) is 19.6. The van der Waals surface area contributed by atoms with Gasteiger partial charge in [0, 0.05) is 43.7 Å². The summed E-state index contributed by atoms with van der Waals surface area (Å²) in [6, 6.07) is 16.3. The minimum Gasteiger partial charge on any atom is -0.355 e. The van der Waals surface area contributed by atoms with E-state index in [9.17, 15) is 14.4 Å². The Balaban J connectivity index is 1.04. The number of amides is 3. The fraction of sp³-hybridized carbons (Fsp3) is 0.407. The highest BCUT2D eigenvalue weighted by atomic mass is 16.2. The van der Waals surface area contributed by atoms with Crippen LogP contribution in [-0.2, 0) is 9.59 Å². The lowest BCUT2D eigenvalue weighted by Crippen LogP contribution is -2.60. The Morgan fingerprint density at radius 2 is 1.80 bits per heavy atom. The molecule has 2 saturated heterocycles. The smallest absolute Gasteiger partial charge is 0.274 e. The first-order chi connectivity index (χ1) is 17.0. The lowest BCUT2D eigenvalue weighted by atomic mass is 9.67. The Kier molecular flexibility index (Phi) is 5.31. The van der Waals surface area contributed by atoms with Crippen molar-refractivity contribution in [2.24, 2.45) is 11.3 Å². The summed E-state index contributed by atoms with van der Waals surface area (Å²) in [5, 5.41) is 10.4. The second-order valence-corrected chi connectivity index (χ2v) is 10.3. The van der Waals surface area contributed by atoms with Crippen molar-refractivity contribution in [2.75, 3.05) is 19.6 Å². The molecule has 2 aromatic heterocycles. The van der Waals surface area contributed by atoms with E-state index in [2.05, 4.69) is 33.9 Å². The third kappa shape index (κ3) is 4.17. The molecule has 3 aromatic rings. The second-order valence-electron chi connectivity index (χ2n) is 10.3. The van der Waals surface area contributed by atoms with Gasteiger partial charge in [-0.15, -0.1) is 0 Å². The Bertz CT molecular complexity index is 1280. The van der Waals surface area contributed by atoms with Crippen molar-refractivity contribution < 1.29 is 14.4 Å². The molecular formula is C27H29N5O3. The number of nitrogens with one attached hydrogen (secondary N) is 2. The molecule has 2 N–H and O–H groups in total. The first-order valence-corrected chi connectivity index (χ1v) is 12.4. The first-order valence-electron chi connectivity index (χ1n) is 12.4. The zero-order chi connectivity index (χ0) is 24.0. The van der Waals surface area contributed by atoms with E-state index in [1.807, 2.05) is 41.4 Å². The summed E-state index contributed by atoms with van der Waals surface area (Å²) in [5.74, 6) is -0.329. The largest absolute Gasteiger partial charge is 0.355 e. The van der Waals surface area contributed by atoms with Crippen molar-refractivity contribution in [1.82, 2.24) is 25.1 Å². The molecule has 1 saturated carbocycles. The molecule has 6 rings (SSSR count). The Morgan fingerprint density at radius 3 is 2.51 bits per heavy atom. The van der Waals surface area contributed by atoms with Gasteiger partial charge in [0.1, 0.15) is 0 Å². The van der Waals surface area contributed by atoms with Gasteiger partial charge in [0.2, 0.25) is 11.8 Å². The van der Waals surface area contributed by atoms with Gasteiger partial charge in [-0.1, -0.05) is 30.3 Å². The van der Waals surface area contributed by atoms with Gasteiger partial charge in [-0.3, -0.25) is 14.4 Å². The van der Waals surface area contributed by atoms with Gasteiger partial charge in [0.25, 0.3) is 5.91 Å². The summed E-state index contributed by atoms with van der Waals surface area (Å²) in [6.45, 7) is 1.93. The number of carbonyl (C=O) groups is 3. The highest BCUT2D eigenvalue weighted by Crippen LogP contribution is 2.44. The molecule has 1 aromatic carbocycles. The maximum Gasteiger partial charge on any atom is 0.274 e. The number of rotatable bonds is 4. The summed E-state index contributed by atoms with van der Waals surface area (Å²) in [5.41, 5.74) is 3.76. The zero-order valence-electron chi connectivity index (χ0n) is 19.6. The molecule has 3 amide bonds. The van der Waals surface area contributed by atoms with Crippen LogP contribution in [0, 0.1) is 11.3 Å². The molecule has 1 unspecified atom stereocenters. The van der Waals surface area contributed by atoms with Gasteiger partial charge in [0.15, 0.2) is 5.69 Å². The Labute approximate surface area is 203 Å². The number of fused-ring (bicyclic) bond motifs is 1. The number of benzene rings is 1. The molecule has 0 bridgehead atoms. The van der Waals surface area contributed by atoms with Crippen LogP contribution in [0.25, 0.3) is 16.6 Å². The SMILES string of the molecule is O=C1CC(C(=O)NC2CCC3(CC2)CN(C(=O)c2cc4cc(-c5ccccc5)ccn4n2)C3)CN1. The van der Waals surface area contributed by atoms with E-state index in [0.29, 0.717) is 12.2 Å². The maximum absolute atomic E-state index is 13.1. The molecule has 180 valence electrons. The van der Waals surface area contributed by atoms with E-state index < -0.39 is 0 Å². The van der Waals surface area contributed by atoms with Gasteiger partial charge < -0.3 is 15.5 Å². The van der Waals surface area contributed by atoms with Gasteiger partial charge in [-0.2, -0.15) is 5.10 Å². The number of nitrogens with zero attached hydrogens (tertiary/aromatic N) is 3. The topological polar surface area (TPSA) is 95.8 Å². The predicted octanol–water partition coefficient (Wildman–Crippen LogP) is 2.64. The van der Waals surface area contributed by atoms with E-state index in [-0.39, 0.29) is 41.5 Å². The van der Waals surface area contributed by atoms with Crippen LogP contribution in [0.4, 0.5) is 0 Å². The van der Waals surface area contributed by atoms with Crippen LogP contribution in [-0.4, -0.2) is 57.9 Å². The van der Waals surface area contributed by atoms with E-state index in [0.717, 1.165) is 55.4 Å². The molecule has 3 fully saturated rings. The van der Waals surface area contributed by atoms with Crippen molar-refractivity contribution in [3.63, 3.8) is 0 Å². The van der Waals surface area contributed by atoms with E-state index >= 15 is 0 Å². The normalized spacial score (nSPS) is 21.7. The van der Waals surface area contributed by atoms with Crippen LogP contribution in [0.3, 0.4) is 0 Å². The minimum absolute atomic E-state index is 0.0167. The average molecular weight is 472 g/mol. The fourth-order valence-corrected chi connectivity index (χ4v) is 5.78. The second kappa shape index (κ2) is 8.52. The lowest BCUT2D eigenvalue weighted by molar-refractivity contribution is -0.127. The van der Waals surface area contributed by atoms with Crippen LogP contribution in [0.2, 0.25) is 0 Å². The van der Waals surface area contributed by atoms with E-state index in [4.69, 9.17) is 0 Å². The molecule has 1 aliphatic carbocycles. The van der Waals surface area contributed by atoms with Crippen LogP contribution >= 0.6 is 0 Å². The van der Waals surface area contributed by atoms with Gasteiger partial charge in [-0.25, -0.2) is 4.52 Å². The van der Waals surface area contributed by atoms with E-state index in [1.54, 1.807) is 4.52 Å². The van der Waals surface area contributed by atoms with Crippen LogP contribution in [0.5, 0.6) is 0 Å². The van der Waals surface area contributed by atoms with Crippen LogP contribution in [0.1, 0.15) is 42.6 Å². The molecule has 1 atom stereocenters. The molecule has 0 radical (unpaired) electrons. The summed E-state index contributed by atoms with van der Waals surface area (Å²) >= 11 is 0. The number of aromatic nitrogens is 2. The number of pyridine rings is 1. The molecule has 35 heavy (non-hydrogen) atoms. The van der Waals surface area contributed by atoms with Gasteiger partial charge in [-0.05, 0) is 55.0 Å². The van der Waals surface area contributed by atoms with Crippen LogP contribution < -0.4 is 10.6 Å². The monoisotopic (exact) mass is 471 g/mol. The molecule has 2 aliphatic heterocycles. The third-order valence-corrected chi connectivity index (χ3v) is 7.87. The summed E-state index contributed by atoms with van der Waals surface area (Å²) in [4.78, 5) is 38.8. The number of carbonyl (C=O) groups excluding carboxylic acids is 3. The number of likely N-dealkylation sites (tertiary alicyclic amines) is 1. The van der Waals surface area contributed by atoms with E-state index in [1.165, 1.54) is 0 Å². The summed E-state index contributed by atoms with van der Waals surface area (Å²) in [6.07, 6.45) is 6.01. The number of hydrogen-bond acceptors (Lipinski definition) is 4. The number of hydrogen-bond donors (Lipinski definition) is 2. The molecular weight excluding hydrogens is 442 g/mol. The van der Waals surface area contributed by atoms with Gasteiger partial charge >= 0.3 is 0 Å². The first kappa shape index (κ1) is 21.8. The maximum atomic E-state index is 13.1. The van der Waals surface area contributed by atoms with Crippen molar-refractivity contribution in [2.45, 2.75) is 38.1 Å². The standard InChI is InChI=1S/C27H29N5O3/c33-24-13-20(15-28-24)25(34)29-21-6-9-27(10-7-21)16-31(17-27)26(35)23-14-22-12-19(8-11-32(22)30-23)18-4-2-1-3-5-18/h1-5,8,11-12,14,20-21H,6-7,9-10,13,15-17H2,(H,28,33)(H,29,34). The Morgan fingerprint density at radius 1 is 1.03 bits per heavy atom. The quantitative estimate of drug-likeness (QED) is 0.612. The average Bonchev–Trinajstić information content (AvgIpc) is 3.49. The Hall–Kier alpha value is -3.68. The molecule has 3 aliphatic rings. The van der Waals surface area contributed by atoms with Crippen molar-refractivity contribution >= 4 is 23.2 Å². The molecule has 8 heteroatoms. The minimum atomic E-state index is -0.246. The summed E-state index contributed by atoms with van der Waals surface area (Å²) < 4.78 is 1.76. The van der Waals surface area contributed by atoms with Crippen molar-refractivity contribution in [1.29, 1.82) is 0 Å². The van der Waals surface area contributed by atoms with Crippen molar-refractivity contribution in [3.05, 3.63) is 60.4 Å². The van der Waals surface area contributed by atoms with Crippen molar-refractivity contribution in [3.8, 4) is 11.1 Å². The molecule has 4 heterocycles. The fourth-order valence-electron chi connectivity index (χ4n) is 5.78.